The van der Waals surface area contributed by atoms with E-state index in [0.29, 0.717) is 0 Å². The molecule has 3 aromatic carbocycles. The Hall–Kier alpha value is -3.60. The summed E-state index contributed by atoms with van der Waals surface area (Å²) in [6.07, 6.45) is 0. The van der Waals surface area contributed by atoms with Crippen molar-refractivity contribution in [1.29, 1.82) is 0 Å². The van der Waals surface area contributed by atoms with Gasteiger partial charge in [-0.2, -0.15) is 0 Å². The number of rotatable bonds is 4. The second-order valence-electron chi connectivity index (χ2n) is 7.93. The summed E-state index contributed by atoms with van der Waals surface area (Å²) >= 11 is 0. The lowest BCUT2D eigenvalue weighted by Crippen LogP contribution is -2.47. The maximum absolute atomic E-state index is 5.28. The highest BCUT2D eigenvalue weighted by Gasteiger charge is 2.21. The Balaban J connectivity index is 1.43. The van der Waals surface area contributed by atoms with Gasteiger partial charge in [0.15, 0.2) is 0 Å². The van der Waals surface area contributed by atoms with Gasteiger partial charge in [-0.25, -0.2) is 9.97 Å². The number of fused-ring (bicyclic) bond motifs is 1. The van der Waals surface area contributed by atoms with Gasteiger partial charge in [-0.3, -0.25) is 0 Å². The van der Waals surface area contributed by atoms with Crippen LogP contribution in [0.3, 0.4) is 0 Å². The average Bonchev–Trinajstić information content (AvgIpc) is 2.84. The van der Waals surface area contributed by atoms with E-state index in [1.807, 2.05) is 18.2 Å². The van der Waals surface area contributed by atoms with Gasteiger partial charge in [0, 0.05) is 42.8 Å². The van der Waals surface area contributed by atoms with Gasteiger partial charge in [-0.1, -0.05) is 42.0 Å². The van der Waals surface area contributed by atoms with Gasteiger partial charge >= 0.3 is 0 Å². The van der Waals surface area contributed by atoms with E-state index in [1.165, 1.54) is 11.3 Å². The first kappa shape index (κ1) is 19.4. The highest BCUT2D eigenvalue weighted by molar-refractivity contribution is 5.93. The number of aryl methyl sites for hydroxylation is 1. The molecule has 0 unspecified atom stereocenters. The predicted molar refractivity (Wildman–Crippen MR) is 127 cm³/mol. The van der Waals surface area contributed by atoms with E-state index in [2.05, 4.69) is 71.3 Å². The minimum Gasteiger partial charge on any atom is -0.497 e. The number of aromatic nitrogens is 2. The van der Waals surface area contributed by atoms with Gasteiger partial charge in [0.2, 0.25) is 5.95 Å². The summed E-state index contributed by atoms with van der Waals surface area (Å²) in [5, 5.41) is 1.10. The van der Waals surface area contributed by atoms with Crippen molar-refractivity contribution < 1.29 is 4.74 Å². The molecule has 1 aliphatic heterocycles. The molecule has 5 rings (SSSR count). The quantitative estimate of drug-likeness (QED) is 0.477. The molecule has 5 heteroatoms. The summed E-state index contributed by atoms with van der Waals surface area (Å²) in [4.78, 5) is 14.7. The van der Waals surface area contributed by atoms with Crippen LogP contribution in [0.15, 0.2) is 72.8 Å². The standard InChI is InChI=1S/C26H26N4O/c1-19-8-13-24-23(18-19)25(20-6-4-3-5-7-20)28-26(27-24)30-16-14-29(15-17-30)21-9-11-22(31-2)12-10-21/h3-13,18H,14-17H2,1-2H3. The third-order valence-corrected chi connectivity index (χ3v) is 5.89. The first-order chi connectivity index (χ1) is 15.2. The summed E-state index contributed by atoms with van der Waals surface area (Å²) in [6, 6.07) is 25.1. The molecule has 0 N–H and O–H groups in total. The maximum atomic E-state index is 5.28. The van der Waals surface area contributed by atoms with Crippen molar-refractivity contribution in [2.24, 2.45) is 0 Å². The molecule has 156 valence electrons. The minimum absolute atomic E-state index is 0.810. The molecular weight excluding hydrogens is 384 g/mol. The molecule has 0 radical (unpaired) electrons. The lowest BCUT2D eigenvalue weighted by Gasteiger charge is -2.36. The molecule has 0 aliphatic carbocycles. The zero-order valence-electron chi connectivity index (χ0n) is 18.0. The molecule has 5 nitrogen and oxygen atoms in total. The van der Waals surface area contributed by atoms with E-state index < -0.39 is 0 Å². The van der Waals surface area contributed by atoms with E-state index in [-0.39, 0.29) is 0 Å². The van der Waals surface area contributed by atoms with E-state index >= 15 is 0 Å². The molecule has 0 atom stereocenters. The molecule has 0 saturated carbocycles. The Kier molecular flexibility index (Phi) is 5.16. The van der Waals surface area contributed by atoms with Crippen LogP contribution >= 0.6 is 0 Å². The molecule has 1 aliphatic rings. The molecule has 0 amide bonds. The van der Waals surface area contributed by atoms with Gasteiger partial charge in [0.1, 0.15) is 5.75 Å². The Morgan fingerprint density at radius 2 is 1.48 bits per heavy atom. The van der Waals surface area contributed by atoms with Crippen LogP contribution in [0.25, 0.3) is 22.2 Å². The lowest BCUT2D eigenvalue weighted by molar-refractivity contribution is 0.415. The number of hydrogen-bond acceptors (Lipinski definition) is 5. The van der Waals surface area contributed by atoms with E-state index in [1.54, 1.807) is 7.11 Å². The van der Waals surface area contributed by atoms with Crippen LogP contribution in [0, 0.1) is 6.92 Å². The Labute approximate surface area is 182 Å². The van der Waals surface area contributed by atoms with Crippen LogP contribution in [0.5, 0.6) is 5.75 Å². The fourth-order valence-electron chi connectivity index (χ4n) is 4.15. The highest BCUT2D eigenvalue weighted by Crippen LogP contribution is 2.30. The van der Waals surface area contributed by atoms with Crippen LogP contribution in [0.2, 0.25) is 0 Å². The Bertz CT molecular complexity index is 1180. The Morgan fingerprint density at radius 1 is 0.774 bits per heavy atom. The summed E-state index contributed by atoms with van der Waals surface area (Å²) in [6.45, 7) is 5.75. The summed E-state index contributed by atoms with van der Waals surface area (Å²) in [5.41, 5.74) is 5.56. The van der Waals surface area contributed by atoms with Crippen LogP contribution < -0.4 is 14.5 Å². The molecule has 0 bridgehead atoms. The van der Waals surface area contributed by atoms with Crippen molar-refractivity contribution in [3.8, 4) is 17.0 Å². The van der Waals surface area contributed by atoms with E-state index in [4.69, 9.17) is 14.7 Å². The SMILES string of the molecule is COc1ccc(N2CCN(c3nc(-c4ccccc4)c4cc(C)ccc4n3)CC2)cc1. The second-order valence-corrected chi connectivity index (χ2v) is 7.93. The Morgan fingerprint density at radius 3 is 2.19 bits per heavy atom. The number of hydrogen-bond donors (Lipinski definition) is 0. The first-order valence-electron chi connectivity index (χ1n) is 10.7. The van der Waals surface area contributed by atoms with Crippen molar-refractivity contribution in [2.75, 3.05) is 43.1 Å². The summed E-state index contributed by atoms with van der Waals surface area (Å²) in [7, 11) is 1.70. The monoisotopic (exact) mass is 410 g/mol. The zero-order chi connectivity index (χ0) is 21.2. The molecule has 31 heavy (non-hydrogen) atoms. The molecule has 1 fully saturated rings. The van der Waals surface area contributed by atoms with E-state index in [0.717, 1.165) is 60.0 Å². The number of benzene rings is 3. The van der Waals surface area contributed by atoms with Crippen molar-refractivity contribution in [1.82, 2.24) is 9.97 Å². The highest BCUT2D eigenvalue weighted by atomic mass is 16.5. The van der Waals surface area contributed by atoms with Crippen molar-refractivity contribution in [3.63, 3.8) is 0 Å². The first-order valence-corrected chi connectivity index (χ1v) is 10.7. The number of methoxy groups -OCH3 is 1. The topological polar surface area (TPSA) is 41.5 Å². The molecule has 1 saturated heterocycles. The number of nitrogens with zero attached hydrogens (tertiary/aromatic N) is 4. The van der Waals surface area contributed by atoms with Gasteiger partial charge < -0.3 is 14.5 Å². The van der Waals surface area contributed by atoms with Crippen LogP contribution in [-0.2, 0) is 0 Å². The number of ether oxygens (including phenoxy) is 1. The summed E-state index contributed by atoms with van der Waals surface area (Å²) < 4.78 is 5.28. The molecular formula is C26H26N4O. The van der Waals surface area contributed by atoms with Crippen molar-refractivity contribution in [2.45, 2.75) is 6.92 Å². The van der Waals surface area contributed by atoms with Crippen LogP contribution in [0.4, 0.5) is 11.6 Å². The average molecular weight is 411 g/mol. The van der Waals surface area contributed by atoms with Gasteiger partial charge in [-0.15, -0.1) is 0 Å². The minimum atomic E-state index is 0.810. The molecule has 4 aromatic rings. The number of anilines is 2. The predicted octanol–water partition coefficient (Wildman–Crippen LogP) is 4.94. The van der Waals surface area contributed by atoms with Crippen LogP contribution in [-0.4, -0.2) is 43.3 Å². The van der Waals surface area contributed by atoms with Gasteiger partial charge in [0.25, 0.3) is 0 Å². The van der Waals surface area contributed by atoms with Crippen LogP contribution in [0.1, 0.15) is 5.56 Å². The van der Waals surface area contributed by atoms with Gasteiger partial charge in [0.05, 0.1) is 18.3 Å². The largest absolute Gasteiger partial charge is 0.497 e. The second kappa shape index (κ2) is 8.26. The lowest BCUT2D eigenvalue weighted by atomic mass is 10.0. The molecule has 2 heterocycles. The van der Waals surface area contributed by atoms with E-state index in [9.17, 15) is 0 Å². The third kappa shape index (κ3) is 3.91. The fourth-order valence-corrected chi connectivity index (χ4v) is 4.15. The smallest absolute Gasteiger partial charge is 0.226 e. The fraction of sp³-hybridized carbons (Fsp3) is 0.231. The van der Waals surface area contributed by atoms with Gasteiger partial charge in [-0.05, 0) is 43.3 Å². The van der Waals surface area contributed by atoms with Crippen molar-refractivity contribution in [3.05, 3.63) is 78.4 Å². The normalized spacial score (nSPS) is 14.1. The van der Waals surface area contributed by atoms with Crippen molar-refractivity contribution >= 4 is 22.5 Å². The number of piperazine rings is 1. The molecule has 1 aromatic heterocycles. The zero-order valence-corrected chi connectivity index (χ0v) is 18.0. The molecule has 0 spiro atoms. The maximum Gasteiger partial charge on any atom is 0.226 e. The summed E-state index contributed by atoms with van der Waals surface area (Å²) in [5.74, 6) is 1.69. The third-order valence-electron chi connectivity index (χ3n) is 5.89.